The van der Waals surface area contributed by atoms with Gasteiger partial charge in [-0.25, -0.2) is 4.98 Å². The molecule has 2 rings (SSSR count). The maximum absolute atomic E-state index is 8.75. The summed E-state index contributed by atoms with van der Waals surface area (Å²) < 4.78 is 0. The van der Waals surface area contributed by atoms with Gasteiger partial charge in [-0.2, -0.15) is 5.26 Å². The number of hydrogen-bond donors (Lipinski definition) is 0. The van der Waals surface area contributed by atoms with Crippen molar-refractivity contribution in [1.29, 1.82) is 5.26 Å². The van der Waals surface area contributed by atoms with Crippen LogP contribution in [0.1, 0.15) is 32.9 Å². The van der Waals surface area contributed by atoms with Gasteiger partial charge < -0.3 is 4.90 Å². The van der Waals surface area contributed by atoms with Gasteiger partial charge in [0.1, 0.15) is 11.8 Å². The molecule has 0 N–H and O–H groups in total. The summed E-state index contributed by atoms with van der Waals surface area (Å²) >= 11 is 0. The highest BCUT2D eigenvalue weighted by molar-refractivity contribution is 5.47. The molecule has 0 saturated carbocycles. The molecule has 0 bridgehead atoms. The monoisotopic (exact) mass is 229 g/mol. The molecule has 3 unspecified atom stereocenters. The van der Waals surface area contributed by atoms with E-state index in [0.29, 0.717) is 17.7 Å². The first-order chi connectivity index (χ1) is 8.11. The van der Waals surface area contributed by atoms with Crippen molar-refractivity contribution in [1.82, 2.24) is 4.98 Å². The van der Waals surface area contributed by atoms with Crippen LogP contribution >= 0.6 is 0 Å². The quantitative estimate of drug-likeness (QED) is 0.743. The molecule has 3 nitrogen and oxygen atoms in total. The van der Waals surface area contributed by atoms with Crippen LogP contribution in [0.5, 0.6) is 0 Å². The molecular weight excluding hydrogens is 210 g/mol. The third-order valence-electron chi connectivity index (χ3n) is 3.79. The molecular formula is C14H19N3. The van der Waals surface area contributed by atoms with Gasteiger partial charge in [0.15, 0.2) is 0 Å². The number of nitriles is 1. The Kier molecular flexibility index (Phi) is 3.33. The van der Waals surface area contributed by atoms with Gasteiger partial charge in [0.2, 0.25) is 0 Å². The fourth-order valence-corrected chi connectivity index (χ4v) is 2.68. The van der Waals surface area contributed by atoms with Crippen LogP contribution in [0.4, 0.5) is 5.69 Å². The third-order valence-corrected chi connectivity index (χ3v) is 3.79. The zero-order valence-electron chi connectivity index (χ0n) is 10.7. The fourth-order valence-electron chi connectivity index (χ4n) is 2.68. The number of aromatic nitrogens is 1. The van der Waals surface area contributed by atoms with Crippen LogP contribution in [0, 0.1) is 23.2 Å². The van der Waals surface area contributed by atoms with Gasteiger partial charge in [0.25, 0.3) is 0 Å². The summed E-state index contributed by atoms with van der Waals surface area (Å²) in [4.78, 5) is 6.56. The molecule has 2 heterocycles. The van der Waals surface area contributed by atoms with E-state index < -0.39 is 0 Å². The third kappa shape index (κ3) is 2.41. The lowest BCUT2D eigenvalue weighted by molar-refractivity contribution is 0.297. The zero-order chi connectivity index (χ0) is 12.4. The Morgan fingerprint density at radius 1 is 1.35 bits per heavy atom. The largest absolute Gasteiger partial charge is 0.367 e. The van der Waals surface area contributed by atoms with E-state index in [1.54, 1.807) is 6.07 Å². The second-order valence-corrected chi connectivity index (χ2v) is 5.22. The van der Waals surface area contributed by atoms with Crippen LogP contribution in [0.2, 0.25) is 0 Å². The first-order valence-electron chi connectivity index (χ1n) is 6.24. The molecule has 1 aromatic rings. The van der Waals surface area contributed by atoms with Gasteiger partial charge in [-0.3, -0.25) is 0 Å². The molecule has 90 valence electrons. The first-order valence-corrected chi connectivity index (χ1v) is 6.24. The van der Waals surface area contributed by atoms with E-state index in [9.17, 15) is 0 Å². The first kappa shape index (κ1) is 11.9. The van der Waals surface area contributed by atoms with E-state index in [0.717, 1.165) is 18.2 Å². The standard InChI is InChI=1S/C14H19N3/c1-10-6-11(2)12(3)17(9-10)14-5-4-13(7-15)16-8-14/h4-5,8,10-12H,6,9H2,1-3H3. The van der Waals surface area contributed by atoms with Crippen molar-refractivity contribution in [2.75, 3.05) is 11.4 Å². The minimum atomic E-state index is 0.486. The zero-order valence-corrected chi connectivity index (χ0v) is 10.7. The minimum absolute atomic E-state index is 0.486. The van der Waals surface area contributed by atoms with Crippen molar-refractivity contribution in [3.8, 4) is 6.07 Å². The number of anilines is 1. The van der Waals surface area contributed by atoms with Gasteiger partial charge in [-0.15, -0.1) is 0 Å². The Bertz CT molecular complexity index is 418. The number of rotatable bonds is 1. The molecule has 0 aliphatic carbocycles. The summed E-state index contributed by atoms with van der Waals surface area (Å²) in [6.07, 6.45) is 3.11. The fraction of sp³-hybridized carbons (Fsp3) is 0.571. The average Bonchev–Trinajstić information content (AvgIpc) is 2.34. The number of piperidine rings is 1. The van der Waals surface area contributed by atoms with Gasteiger partial charge >= 0.3 is 0 Å². The van der Waals surface area contributed by atoms with E-state index in [2.05, 4.69) is 36.7 Å². The minimum Gasteiger partial charge on any atom is -0.367 e. The van der Waals surface area contributed by atoms with Crippen LogP contribution in [-0.2, 0) is 0 Å². The summed E-state index contributed by atoms with van der Waals surface area (Å²) in [7, 11) is 0. The van der Waals surface area contributed by atoms with Gasteiger partial charge in [0.05, 0.1) is 11.9 Å². The Labute approximate surface area is 103 Å². The summed E-state index contributed by atoms with van der Waals surface area (Å²) in [5, 5.41) is 8.75. The predicted octanol–water partition coefficient (Wildman–Crippen LogP) is 2.82. The highest BCUT2D eigenvalue weighted by atomic mass is 15.2. The summed E-state index contributed by atoms with van der Waals surface area (Å²) in [5.74, 6) is 1.42. The molecule has 0 radical (unpaired) electrons. The Morgan fingerprint density at radius 2 is 2.12 bits per heavy atom. The molecule has 1 saturated heterocycles. The molecule has 3 heteroatoms. The van der Waals surface area contributed by atoms with E-state index in [1.165, 1.54) is 6.42 Å². The van der Waals surface area contributed by atoms with Gasteiger partial charge in [-0.05, 0) is 37.3 Å². The lowest BCUT2D eigenvalue weighted by Gasteiger charge is -2.42. The lowest BCUT2D eigenvalue weighted by Crippen LogP contribution is -2.45. The molecule has 1 aliphatic rings. The summed E-state index contributed by atoms with van der Waals surface area (Å²) in [6, 6.07) is 6.40. The van der Waals surface area contributed by atoms with Gasteiger partial charge in [0, 0.05) is 12.6 Å². The molecule has 1 aliphatic heterocycles. The number of pyridine rings is 1. The Morgan fingerprint density at radius 3 is 2.71 bits per heavy atom. The molecule has 17 heavy (non-hydrogen) atoms. The maximum atomic E-state index is 8.75. The van der Waals surface area contributed by atoms with Crippen molar-refractivity contribution >= 4 is 5.69 Å². The highest BCUT2D eigenvalue weighted by Gasteiger charge is 2.28. The number of nitrogens with zero attached hydrogens (tertiary/aromatic N) is 3. The molecule has 0 aromatic carbocycles. The second kappa shape index (κ2) is 4.75. The second-order valence-electron chi connectivity index (χ2n) is 5.22. The molecule has 0 spiro atoms. The van der Waals surface area contributed by atoms with E-state index in [-0.39, 0.29) is 0 Å². The van der Waals surface area contributed by atoms with Crippen molar-refractivity contribution < 1.29 is 0 Å². The Hall–Kier alpha value is -1.56. The van der Waals surface area contributed by atoms with Crippen molar-refractivity contribution in [3.63, 3.8) is 0 Å². The van der Waals surface area contributed by atoms with Crippen LogP contribution in [0.15, 0.2) is 18.3 Å². The van der Waals surface area contributed by atoms with Crippen molar-refractivity contribution in [3.05, 3.63) is 24.0 Å². The van der Waals surface area contributed by atoms with E-state index in [1.807, 2.05) is 12.3 Å². The van der Waals surface area contributed by atoms with Crippen LogP contribution in [-0.4, -0.2) is 17.6 Å². The topological polar surface area (TPSA) is 39.9 Å². The SMILES string of the molecule is CC1CC(C)C(C)N(c2ccc(C#N)nc2)C1. The molecule has 1 fully saturated rings. The van der Waals surface area contributed by atoms with E-state index in [4.69, 9.17) is 5.26 Å². The van der Waals surface area contributed by atoms with Crippen molar-refractivity contribution in [2.45, 2.75) is 33.2 Å². The Balaban J connectivity index is 2.22. The molecule has 3 atom stereocenters. The van der Waals surface area contributed by atoms with Gasteiger partial charge in [-0.1, -0.05) is 13.8 Å². The van der Waals surface area contributed by atoms with Crippen LogP contribution < -0.4 is 4.90 Å². The molecule has 0 amide bonds. The number of hydrogen-bond acceptors (Lipinski definition) is 3. The normalized spacial score (nSPS) is 28.8. The van der Waals surface area contributed by atoms with E-state index >= 15 is 0 Å². The molecule has 1 aromatic heterocycles. The summed E-state index contributed by atoms with van der Waals surface area (Å²) in [5.41, 5.74) is 1.62. The lowest BCUT2D eigenvalue weighted by atomic mass is 9.86. The smallest absolute Gasteiger partial charge is 0.140 e. The predicted molar refractivity (Wildman–Crippen MR) is 68.7 cm³/mol. The van der Waals surface area contributed by atoms with Crippen LogP contribution in [0.3, 0.4) is 0 Å². The maximum Gasteiger partial charge on any atom is 0.140 e. The highest BCUT2D eigenvalue weighted by Crippen LogP contribution is 2.30. The average molecular weight is 229 g/mol. The summed E-state index contributed by atoms with van der Waals surface area (Å²) in [6.45, 7) is 7.96. The van der Waals surface area contributed by atoms with Crippen LogP contribution in [0.25, 0.3) is 0 Å². The van der Waals surface area contributed by atoms with Crippen molar-refractivity contribution in [2.24, 2.45) is 11.8 Å².